The van der Waals surface area contributed by atoms with E-state index in [2.05, 4.69) is 24.0 Å². The molecule has 0 aromatic heterocycles. The molecule has 2 aliphatic carbocycles. The van der Waals surface area contributed by atoms with Crippen molar-refractivity contribution >= 4 is 9.84 Å². The van der Waals surface area contributed by atoms with Crippen molar-refractivity contribution in [2.24, 2.45) is 17.8 Å². The van der Waals surface area contributed by atoms with Crippen LogP contribution < -0.4 is 0 Å². The average Bonchev–Trinajstić information content (AvgIpc) is 3.02. The Morgan fingerprint density at radius 2 is 1.89 bits per heavy atom. The van der Waals surface area contributed by atoms with E-state index in [1.165, 1.54) is 6.42 Å². The van der Waals surface area contributed by atoms with Crippen molar-refractivity contribution in [2.75, 3.05) is 5.75 Å². The van der Waals surface area contributed by atoms with E-state index in [4.69, 9.17) is 0 Å². The molecule has 0 saturated heterocycles. The Kier molecular flexibility index (Phi) is 3.20. The molecule has 0 aliphatic heterocycles. The van der Waals surface area contributed by atoms with Gasteiger partial charge in [0.1, 0.15) is 5.75 Å². The fourth-order valence-corrected chi connectivity index (χ4v) is 3.94. The lowest BCUT2D eigenvalue weighted by Gasteiger charge is -2.10. The second kappa shape index (κ2) is 4.86. The van der Waals surface area contributed by atoms with Crippen LogP contribution in [-0.2, 0) is 9.84 Å². The number of allylic oxidation sites excluding steroid dienone is 2. The third kappa shape index (κ3) is 2.59. The van der Waals surface area contributed by atoms with Gasteiger partial charge in [0.25, 0.3) is 0 Å². The second-order valence-corrected chi connectivity index (χ2v) is 7.27. The summed E-state index contributed by atoms with van der Waals surface area (Å²) in [6.07, 6.45) is 6.80. The molecule has 3 unspecified atom stereocenters. The zero-order valence-electron chi connectivity index (χ0n) is 10.6. The number of fused-ring (bicyclic) bond motifs is 2. The molecule has 3 atom stereocenters. The minimum atomic E-state index is -3.26. The van der Waals surface area contributed by atoms with Crippen LogP contribution in [0.4, 0.5) is 0 Å². The first kappa shape index (κ1) is 12.5. The lowest BCUT2D eigenvalue weighted by Crippen LogP contribution is -2.07. The fourth-order valence-electron chi connectivity index (χ4n) is 2.93. The van der Waals surface area contributed by atoms with Crippen LogP contribution in [0.25, 0.3) is 0 Å². The maximum Gasteiger partial charge on any atom is 0.189 e. The van der Waals surface area contributed by atoms with Gasteiger partial charge in [-0.15, -0.1) is 0 Å². The summed E-state index contributed by atoms with van der Waals surface area (Å²) in [5, 5.41) is 0. The van der Waals surface area contributed by atoms with E-state index in [9.17, 15) is 8.42 Å². The highest BCUT2D eigenvalue weighted by molar-refractivity contribution is 7.91. The summed E-state index contributed by atoms with van der Waals surface area (Å²) in [6.45, 7) is 0. The molecule has 1 saturated carbocycles. The summed E-state index contributed by atoms with van der Waals surface area (Å²) in [6, 6.07) is 8.53. The average molecular weight is 272 g/mol. The molecule has 98 valence electrons. The largest absolute Gasteiger partial charge is 0.223 e. The van der Waals surface area contributed by atoms with E-state index in [-0.39, 0.29) is 5.75 Å². The van der Waals surface area contributed by atoms with Crippen LogP contribution in [0.3, 0.4) is 0 Å². The Morgan fingerprint density at radius 1 is 1.11 bits per heavy atom. The highest BCUT2D eigenvalue weighted by Gasteiger charge is 2.34. The maximum atomic E-state index is 12.0. The summed E-state index contributed by atoms with van der Waals surface area (Å²) in [4.78, 5) is 0.358. The van der Waals surface area contributed by atoms with Gasteiger partial charge in [0.2, 0.25) is 0 Å². The molecule has 3 rings (SSSR count). The number of benzene rings is 1. The van der Waals surface area contributed by atoms with Gasteiger partial charge in [0.05, 0.1) is 4.90 Å². The van der Waals surface area contributed by atoms with Crippen LogP contribution in [0.2, 0.25) is 0 Å². The van der Waals surface area contributed by atoms with E-state index in [0.717, 1.165) is 6.42 Å². The first-order chi connectivity index (χ1) is 9.15. The Morgan fingerprint density at radius 3 is 2.53 bits per heavy atom. The molecule has 1 fully saturated rings. The van der Waals surface area contributed by atoms with Gasteiger partial charge in [-0.05, 0) is 36.8 Å². The predicted molar refractivity (Wildman–Crippen MR) is 75.1 cm³/mol. The van der Waals surface area contributed by atoms with Gasteiger partial charge >= 0.3 is 0 Å². The maximum absolute atomic E-state index is 12.0. The van der Waals surface area contributed by atoms with Crippen molar-refractivity contribution in [3.05, 3.63) is 42.5 Å². The first-order valence-electron chi connectivity index (χ1n) is 6.60. The Labute approximate surface area is 114 Å². The molecule has 0 heterocycles. The van der Waals surface area contributed by atoms with Crippen molar-refractivity contribution in [2.45, 2.75) is 17.7 Å². The highest BCUT2D eigenvalue weighted by Crippen LogP contribution is 2.42. The normalized spacial score (nSPS) is 28.1. The SMILES string of the molecule is O=S(=O)(CC#CC1CC2C=CC1C2)c1ccccc1. The smallest absolute Gasteiger partial charge is 0.189 e. The van der Waals surface area contributed by atoms with E-state index >= 15 is 0 Å². The fraction of sp³-hybridized carbons (Fsp3) is 0.375. The van der Waals surface area contributed by atoms with E-state index in [1.807, 2.05) is 6.07 Å². The minimum absolute atomic E-state index is 0.0748. The monoisotopic (exact) mass is 272 g/mol. The van der Waals surface area contributed by atoms with E-state index < -0.39 is 9.84 Å². The summed E-state index contributed by atoms with van der Waals surface area (Å²) in [5.74, 6) is 7.55. The second-order valence-electron chi connectivity index (χ2n) is 5.28. The molecule has 0 spiro atoms. The van der Waals surface area contributed by atoms with Gasteiger partial charge < -0.3 is 0 Å². The van der Waals surface area contributed by atoms with E-state index in [1.54, 1.807) is 24.3 Å². The molecule has 0 N–H and O–H groups in total. The molecule has 0 amide bonds. The minimum Gasteiger partial charge on any atom is -0.223 e. The van der Waals surface area contributed by atoms with Gasteiger partial charge in [-0.25, -0.2) is 8.42 Å². The highest BCUT2D eigenvalue weighted by atomic mass is 32.2. The molecular formula is C16H16O2S. The third-order valence-electron chi connectivity index (χ3n) is 3.93. The zero-order chi connectivity index (χ0) is 13.3. The standard InChI is InChI=1S/C16H16O2S/c17-19(18,16-6-2-1-3-7-16)10-4-5-14-11-13-8-9-15(14)12-13/h1-3,6-9,13-15H,10-12H2. The third-order valence-corrected chi connectivity index (χ3v) is 5.45. The summed E-state index contributed by atoms with van der Waals surface area (Å²) >= 11 is 0. The van der Waals surface area contributed by atoms with Crippen molar-refractivity contribution in [1.29, 1.82) is 0 Å². The molecule has 0 radical (unpaired) electrons. The molecule has 2 nitrogen and oxygen atoms in total. The summed E-state index contributed by atoms with van der Waals surface area (Å²) in [7, 11) is -3.26. The zero-order valence-corrected chi connectivity index (χ0v) is 11.4. The van der Waals surface area contributed by atoms with Crippen LogP contribution in [0.1, 0.15) is 12.8 Å². The summed E-state index contributed by atoms with van der Waals surface area (Å²) < 4.78 is 24.1. The molecule has 1 aromatic carbocycles. The van der Waals surface area contributed by atoms with Crippen molar-refractivity contribution in [3.8, 4) is 11.8 Å². The molecule has 2 bridgehead atoms. The Bertz CT molecular complexity index is 647. The quantitative estimate of drug-likeness (QED) is 0.613. The number of rotatable bonds is 2. The van der Waals surface area contributed by atoms with Gasteiger partial charge in [-0.3, -0.25) is 0 Å². The van der Waals surface area contributed by atoms with Crippen LogP contribution >= 0.6 is 0 Å². The predicted octanol–water partition coefficient (Wildman–Crippen LogP) is 2.68. The number of sulfone groups is 1. The van der Waals surface area contributed by atoms with Gasteiger partial charge in [0, 0.05) is 5.92 Å². The number of hydrogen-bond acceptors (Lipinski definition) is 2. The number of hydrogen-bond donors (Lipinski definition) is 0. The van der Waals surface area contributed by atoms with Crippen molar-refractivity contribution in [1.82, 2.24) is 0 Å². The lowest BCUT2D eigenvalue weighted by atomic mass is 9.94. The molecule has 19 heavy (non-hydrogen) atoms. The van der Waals surface area contributed by atoms with Gasteiger partial charge in [0.15, 0.2) is 9.84 Å². The first-order valence-corrected chi connectivity index (χ1v) is 8.25. The Hall–Kier alpha value is -1.53. The Balaban J connectivity index is 1.69. The van der Waals surface area contributed by atoms with Crippen LogP contribution in [0, 0.1) is 29.6 Å². The summed E-state index contributed by atoms with van der Waals surface area (Å²) in [5.41, 5.74) is 0. The molecule has 3 heteroatoms. The topological polar surface area (TPSA) is 34.1 Å². The van der Waals surface area contributed by atoms with E-state index in [0.29, 0.717) is 22.6 Å². The van der Waals surface area contributed by atoms with Crippen LogP contribution in [0.5, 0.6) is 0 Å². The van der Waals surface area contributed by atoms with Crippen LogP contribution in [-0.4, -0.2) is 14.2 Å². The molecular weight excluding hydrogens is 256 g/mol. The lowest BCUT2D eigenvalue weighted by molar-refractivity contribution is 0.569. The van der Waals surface area contributed by atoms with Crippen molar-refractivity contribution in [3.63, 3.8) is 0 Å². The van der Waals surface area contributed by atoms with Gasteiger partial charge in [-0.2, -0.15) is 0 Å². The van der Waals surface area contributed by atoms with Gasteiger partial charge in [-0.1, -0.05) is 42.2 Å². The molecule has 2 aliphatic rings. The van der Waals surface area contributed by atoms with Crippen molar-refractivity contribution < 1.29 is 8.42 Å². The molecule has 1 aromatic rings. The van der Waals surface area contributed by atoms with Crippen LogP contribution in [0.15, 0.2) is 47.4 Å².